The predicted octanol–water partition coefficient (Wildman–Crippen LogP) is 5.75. The van der Waals surface area contributed by atoms with Crippen molar-refractivity contribution in [3.05, 3.63) is 59.8 Å². The zero-order chi connectivity index (χ0) is 24.1. The normalized spacial score (nSPS) is 12.1. The van der Waals surface area contributed by atoms with Gasteiger partial charge >= 0.3 is 12.5 Å². The highest BCUT2D eigenvalue weighted by atomic mass is 19.4. The topological polar surface area (TPSA) is 55.4 Å². The van der Waals surface area contributed by atoms with E-state index < -0.39 is 18.1 Å². The SMILES string of the molecule is COc1ccc(OC(F)(F)F)cc1CNCCCNc1ccnc2cc(C(F)(F)F)ccc12. The van der Waals surface area contributed by atoms with E-state index in [-0.39, 0.29) is 17.8 Å². The van der Waals surface area contributed by atoms with Crippen molar-refractivity contribution in [2.75, 3.05) is 25.5 Å². The lowest BCUT2D eigenvalue weighted by atomic mass is 10.1. The Bertz CT molecular complexity index is 1090. The van der Waals surface area contributed by atoms with Gasteiger partial charge in [-0.15, -0.1) is 13.2 Å². The molecule has 0 saturated heterocycles. The third kappa shape index (κ3) is 6.88. The van der Waals surface area contributed by atoms with Gasteiger partial charge in [0.1, 0.15) is 11.5 Å². The van der Waals surface area contributed by atoms with Crippen molar-refractivity contribution >= 4 is 16.6 Å². The molecule has 0 fully saturated rings. The number of nitrogens with zero attached hydrogens (tertiary/aromatic N) is 1. The minimum absolute atomic E-state index is 0.237. The molecule has 0 bridgehead atoms. The maximum absolute atomic E-state index is 12.9. The molecule has 1 heterocycles. The second-order valence-corrected chi connectivity index (χ2v) is 7.07. The Morgan fingerprint density at radius 3 is 2.42 bits per heavy atom. The van der Waals surface area contributed by atoms with E-state index >= 15 is 0 Å². The van der Waals surface area contributed by atoms with Crippen LogP contribution in [-0.4, -0.2) is 31.5 Å². The standard InChI is InChI=1S/C22H21F6N3O2/c1-32-20-6-4-16(33-22(26,27)28)11-14(20)13-29-8-2-9-30-18-7-10-31-19-12-15(21(23,24)25)3-5-17(18)19/h3-7,10-12,29H,2,8-9,13H2,1H3,(H,30,31). The molecular formula is C22H21F6N3O2. The van der Waals surface area contributed by atoms with Crippen LogP contribution < -0.4 is 20.1 Å². The van der Waals surface area contributed by atoms with Crippen LogP contribution in [0.5, 0.6) is 11.5 Å². The van der Waals surface area contributed by atoms with Crippen molar-refractivity contribution in [2.24, 2.45) is 0 Å². The van der Waals surface area contributed by atoms with Gasteiger partial charge in [-0.05, 0) is 49.4 Å². The number of anilines is 1. The fourth-order valence-corrected chi connectivity index (χ4v) is 3.23. The van der Waals surface area contributed by atoms with E-state index in [2.05, 4.69) is 20.4 Å². The highest BCUT2D eigenvalue weighted by Gasteiger charge is 2.31. The van der Waals surface area contributed by atoms with Gasteiger partial charge in [-0.2, -0.15) is 13.2 Å². The third-order valence-corrected chi connectivity index (χ3v) is 4.72. The molecule has 0 amide bonds. The average Bonchev–Trinajstić information content (AvgIpc) is 2.74. The molecule has 0 aliphatic heterocycles. The van der Waals surface area contributed by atoms with E-state index in [9.17, 15) is 26.3 Å². The van der Waals surface area contributed by atoms with Crippen molar-refractivity contribution in [1.82, 2.24) is 10.3 Å². The molecule has 33 heavy (non-hydrogen) atoms. The minimum atomic E-state index is -4.78. The highest BCUT2D eigenvalue weighted by Crippen LogP contribution is 2.32. The lowest BCUT2D eigenvalue weighted by Crippen LogP contribution is -2.19. The number of halogens is 6. The van der Waals surface area contributed by atoms with Gasteiger partial charge in [0.05, 0.1) is 18.2 Å². The maximum Gasteiger partial charge on any atom is 0.573 e. The number of alkyl halides is 6. The molecule has 11 heteroatoms. The molecule has 178 valence electrons. The molecule has 2 N–H and O–H groups in total. The molecule has 0 aliphatic rings. The summed E-state index contributed by atoms with van der Waals surface area (Å²) >= 11 is 0. The first-order chi connectivity index (χ1) is 15.6. The number of benzene rings is 2. The summed E-state index contributed by atoms with van der Waals surface area (Å²) in [5, 5.41) is 6.86. The van der Waals surface area contributed by atoms with E-state index in [4.69, 9.17) is 4.74 Å². The summed E-state index contributed by atoms with van der Waals surface area (Å²) in [6, 6.07) is 8.92. The minimum Gasteiger partial charge on any atom is -0.496 e. The third-order valence-electron chi connectivity index (χ3n) is 4.72. The Kier molecular flexibility index (Phi) is 7.52. The Balaban J connectivity index is 1.52. The first-order valence-electron chi connectivity index (χ1n) is 9.90. The van der Waals surface area contributed by atoms with Crippen molar-refractivity contribution in [2.45, 2.75) is 25.5 Å². The van der Waals surface area contributed by atoms with E-state index in [1.54, 1.807) is 6.07 Å². The van der Waals surface area contributed by atoms with E-state index in [1.165, 1.54) is 37.6 Å². The Morgan fingerprint density at radius 1 is 0.939 bits per heavy atom. The fraction of sp³-hybridized carbons (Fsp3) is 0.318. The number of nitrogens with one attached hydrogen (secondary N) is 2. The lowest BCUT2D eigenvalue weighted by Gasteiger charge is -2.14. The van der Waals surface area contributed by atoms with Crippen molar-refractivity contribution in [3.63, 3.8) is 0 Å². The maximum atomic E-state index is 12.9. The highest BCUT2D eigenvalue weighted by molar-refractivity contribution is 5.91. The molecule has 0 spiro atoms. The van der Waals surface area contributed by atoms with Crippen molar-refractivity contribution in [3.8, 4) is 11.5 Å². The number of ether oxygens (including phenoxy) is 2. The largest absolute Gasteiger partial charge is 0.573 e. The molecule has 1 aromatic heterocycles. The fourth-order valence-electron chi connectivity index (χ4n) is 3.23. The number of hydrogen-bond donors (Lipinski definition) is 2. The summed E-state index contributed by atoms with van der Waals surface area (Å²) in [4.78, 5) is 4.01. The molecule has 3 rings (SSSR count). The van der Waals surface area contributed by atoms with Gasteiger partial charge in [-0.25, -0.2) is 0 Å². The Labute approximate surface area is 185 Å². The van der Waals surface area contributed by atoms with Crippen LogP contribution >= 0.6 is 0 Å². The van der Waals surface area contributed by atoms with Gasteiger partial charge in [-0.3, -0.25) is 4.98 Å². The van der Waals surface area contributed by atoms with Crippen LogP contribution in [0.15, 0.2) is 48.7 Å². The summed E-state index contributed by atoms with van der Waals surface area (Å²) in [5.74, 6) is 0.0941. The number of hydrogen-bond acceptors (Lipinski definition) is 5. The van der Waals surface area contributed by atoms with E-state index in [0.717, 1.165) is 12.1 Å². The molecule has 5 nitrogen and oxygen atoms in total. The first kappa shape index (κ1) is 24.4. The first-order valence-corrected chi connectivity index (χ1v) is 9.90. The van der Waals surface area contributed by atoms with Gasteiger partial charge in [0.15, 0.2) is 0 Å². The number of rotatable bonds is 9. The van der Waals surface area contributed by atoms with Gasteiger partial charge < -0.3 is 20.1 Å². The monoisotopic (exact) mass is 473 g/mol. The molecule has 0 radical (unpaired) electrons. The van der Waals surface area contributed by atoms with Crippen molar-refractivity contribution in [1.29, 1.82) is 0 Å². The molecule has 0 aliphatic carbocycles. The quantitative estimate of drug-likeness (QED) is 0.306. The van der Waals surface area contributed by atoms with Gasteiger partial charge in [0.25, 0.3) is 0 Å². The molecule has 3 aromatic rings. The molecule has 0 unspecified atom stereocenters. The van der Waals surface area contributed by atoms with Gasteiger partial charge in [-0.1, -0.05) is 6.07 Å². The van der Waals surface area contributed by atoms with Crippen LogP contribution in [0.4, 0.5) is 32.0 Å². The van der Waals surface area contributed by atoms with Crippen LogP contribution in [0.25, 0.3) is 10.9 Å². The number of pyridine rings is 1. The molecule has 0 saturated carbocycles. The molecule has 2 aromatic carbocycles. The average molecular weight is 473 g/mol. The number of fused-ring (bicyclic) bond motifs is 1. The lowest BCUT2D eigenvalue weighted by molar-refractivity contribution is -0.274. The summed E-state index contributed by atoms with van der Waals surface area (Å²) in [5.41, 5.74) is 0.644. The second-order valence-electron chi connectivity index (χ2n) is 7.07. The molecular weight excluding hydrogens is 452 g/mol. The van der Waals surface area contributed by atoms with Gasteiger partial charge in [0, 0.05) is 35.9 Å². The van der Waals surface area contributed by atoms with Crippen LogP contribution in [0.3, 0.4) is 0 Å². The summed E-state index contributed by atoms with van der Waals surface area (Å²) in [6.07, 6.45) is -7.14. The van der Waals surface area contributed by atoms with Crippen LogP contribution in [0.1, 0.15) is 17.5 Å². The zero-order valence-electron chi connectivity index (χ0n) is 17.5. The summed E-state index contributed by atoms with van der Waals surface area (Å²) in [6.45, 7) is 1.31. The van der Waals surface area contributed by atoms with Crippen LogP contribution in [-0.2, 0) is 12.7 Å². The number of aromatic nitrogens is 1. The van der Waals surface area contributed by atoms with Crippen LogP contribution in [0, 0.1) is 0 Å². The Hall–Kier alpha value is -3.21. The van der Waals surface area contributed by atoms with Gasteiger partial charge in [0.2, 0.25) is 0 Å². The Morgan fingerprint density at radius 2 is 1.73 bits per heavy atom. The summed E-state index contributed by atoms with van der Waals surface area (Å²) < 4.78 is 85.0. The molecule has 0 atom stereocenters. The number of methoxy groups -OCH3 is 1. The summed E-state index contributed by atoms with van der Waals surface area (Å²) in [7, 11) is 1.42. The van der Waals surface area contributed by atoms with Crippen LogP contribution in [0.2, 0.25) is 0 Å². The zero-order valence-corrected chi connectivity index (χ0v) is 17.5. The van der Waals surface area contributed by atoms with E-state index in [1.807, 2.05) is 0 Å². The smallest absolute Gasteiger partial charge is 0.496 e. The van der Waals surface area contributed by atoms with Crippen molar-refractivity contribution < 1.29 is 35.8 Å². The second kappa shape index (κ2) is 10.2. The van der Waals surface area contributed by atoms with E-state index in [0.29, 0.717) is 41.9 Å². The predicted molar refractivity (Wildman–Crippen MR) is 111 cm³/mol.